The molecule has 43 heavy (non-hydrogen) atoms. The van der Waals surface area contributed by atoms with E-state index in [0.29, 0.717) is 6.07 Å². The third-order valence-corrected chi connectivity index (χ3v) is 4.99. The summed E-state index contributed by atoms with van der Waals surface area (Å²) in [5.41, 5.74) is 2.30. The van der Waals surface area contributed by atoms with Crippen LogP contribution in [0.5, 0.6) is 0 Å². The number of nitrogens with two attached hydrogens (primary N) is 1. The van der Waals surface area contributed by atoms with E-state index in [0.717, 1.165) is 30.3 Å². The van der Waals surface area contributed by atoms with Crippen LogP contribution in [0.3, 0.4) is 0 Å². The van der Waals surface area contributed by atoms with Crippen LogP contribution in [0, 0.1) is 37.4 Å². The lowest BCUT2D eigenvalue weighted by molar-refractivity contribution is -0.385. The molecule has 1 aromatic heterocycles. The Kier molecular flexibility index (Phi) is 11.0. The number of nitrogen functional groups attached to an aromatic ring is 1. The molecule has 1 amide bonds. The van der Waals surface area contributed by atoms with Gasteiger partial charge in [0.1, 0.15) is 11.9 Å². The lowest BCUT2D eigenvalue weighted by atomic mass is 10.1. The highest BCUT2D eigenvalue weighted by Gasteiger charge is 2.35. The standard InChI is InChI=1S/C14H8F4N2O3.C7H5N3O2.C5H4O3/c15-11-4-2-1-3-9(11)13(21)19-12-6-5-8(20(22)23)7-10(12)14(16,17)18;8-4-5-3-6(10(11)12)1-2-7(5)9;6-5(7)4-2-1-3-8-4/h1-7H,(H,19,21);1-3H,9H2;1-3H,(H,6,7). The van der Waals surface area contributed by atoms with Gasteiger partial charge in [0.2, 0.25) is 5.76 Å². The van der Waals surface area contributed by atoms with Gasteiger partial charge in [0.25, 0.3) is 17.3 Å². The third kappa shape index (κ3) is 9.39. The number of rotatable bonds is 5. The van der Waals surface area contributed by atoms with Crippen LogP contribution in [0.4, 0.5) is 40.3 Å². The fraction of sp³-hybridized carbons (Fsp3) is 0.0385. The first-order chi connectivity index (χ1) is 20.1. The SMILES string of the molecule is N#Cc1cc([N+](=O)[O-])ccc1N.O=C(Nc1ccc([N+](=O)[O-])cc1C(F)(F)F)c1ccccc1F.O=C(O)c1ccco1. The number of anilines is 2. The number of nitro benzene ring substituents is 2. The van der Waals surface area contributed by atoms with E-state index in [1.807, 2.05) is 5.32 Å². The number of hydrogen-bond acceptors (Lipinski definition) is 9. The second-order valence-corrected chi connectivity index (χ2v) is 7.84. The maximum Gasteiger partial charge on any atom is 0.418 e. The first kappa shape index (κ1) is 32.9. The Labute approximate surface area is 237 Å². The Balaban J connectivity index is 0.000000266. The maximum atomic E-state index is 13.5. The van der Waals surface area contributed by atoms with Crippen LogP contribution in [-0.4, -0.2) is 26.8 Å². The minimum Gasteiger partial charge on any atom is -0.475 e. The van der Waals surface area contributed by atoms with Gasteiger partial charge >= 0.3 is 12.1 Å². The van der Waals surface area contributed by atoms with E-state index in [1.54, 1.807) is 6.07 Å². The molecule has 0 atom stereocenters. The van der Waals surface area contributed by atoms with Crippen molar-refractivity contribution in [2.24, 2.45) is 0 Å². The first-order valence-electron chi connectivity index (χ1n) is 11.3. The van der Waals surface area contributed by atoms with Crippen molar-refractivity contribution < 1.29 is 46.5 Å². The lowest BCUT2D eigenvalue weighted by Crippen LogP contribution is -2.18. The highest BCUT2D eigenvalue weighted by Crippen LogP contribution is 2.37. The number of non-ortho nitro benzene ring substituents is 2. The zero-order chi connectivity index (χ0) is 32.3. The molecule has 0 radical (unpaired) electrons. The lowest BCUT2D eigenvalue weighted by Gasteiger charge is -2.13. The number of aromatic carboxylic acids is 1. The number of furan rings is 1. The predicted octanol–water partition coefficient (Wildman–Crippen LogP) is 6.03. The molecule has 13 nitrogen and oxygen atoms in total. The van der Waals surface area contributed by atoms with Crippen molar-refractivity contribution in [3.8, 4) is 6.07 Å². The average Bonchev–Trinajstić information content (AvgIpc) is 3.49. The number of hydrogen-bond donors (Lipinski definition) is 3. The molecule has 222 valence electrons. The van der Waals surface area contributed by atoms with Crippen LogP contribution >= 0.6 is 0 Å². The van der Waals surface area contributed by atoms with Crippen LogP contribution in [0.2, 0.25) is 0 Å². The highest BCUT2D eigenvalue weighted by molar-refractivity contribution is 6.05. The number of carbonyl (C=O) groups is 2. The van der Waals surface area contributed by atoms with Gasteiger partial charge in [-0.05, 0) is 36.4 Å². The molecule has 0 saturated heterocycles. The molecule has 0 saturated carbocycles. The monoisotopic (exact) mass is 603 g/mol. The summed E-state index contributed by atoms with van der Waals surface area (Å²) in [6.07, 6.45) is -3.60. The van der Waals surface area contributed by atoms with Crippen molar-refractivity contribution in [3.63, 3.8) is 0 Å². The molecule has 4 aromatic rings. The number of carboxylic acids is 1. The molecular formula is C26H17F4N5O8. The zero-order valence-corrected chi connectivity index (χ0v) is 21.2. The maximum absolute atomic E-state index is 13.5. The second kappa shape index (κ2) is 14.4. The molecule has 0 aliphatic carbocycles. The summed E-state index contributed by atoms with van der Waals surface area (Å²) >= 11 is 0. The van der Waals surface area contributed by atoms with E-state index >= 15 is 0 Å². The van der Waals surface area contributed by atoms with E-state index < -0.39 is 56.2 Å². The molecule has 4 N–H and O–H groups in total. The van der Waals surface area contributed by atoms with Crippen LogP contribution < -0.4 is 11.1 Å². The summed E-state index contributed by atoms with van der Waals surface area (Å²) in [5.74, 6) is -3.05. The fourth-order valence-electron chi connectivity index (χ4n) is 2.98. The van der Waals surface area contributed by atoms with Gasteiger partial charge in [0.05, 0.1) is 38.5 Å². The van der Waals surface area contributed by atoms with E-state index in [-0.39, 0.29) is 22.7 Å². The van der Waals surface area contributed by atoms with E-state index in [1.165, 1.54) is 42.7 Å². The van der Waals surface area contributed by atoms with Gasteiger partial charge in [0, 0.05) is 30.0 Å². The molecule has 17 heteroatoms. The average molecular weight is 603 g/mol. The van der Waals surface area contributed by atoms with Gasteiger partial charge in [0.15, 0.2) is 0 Å². The fourth-order valence-corrected chi connectivity index (χ4v) is 2.98. The number of nitro groups is 2. The van der Waals surface area contributed by atoms with Crippen LogP contribution in [0.1, 0.15) is 32.0 Å². The molecule has 1 heterocycles. The van der Waals surface area contributed by atoms with Crippen LogP contribution in [0.15, 0.2) is 83.5 Å². The third-order valence-electron chi connectivity index (χ3n) is 4.99. The number of nitrogens with one attached hydrogen (secondary N) is 1. The predicted molar refractivity (Wildman–Crippen MR) is 140 cm³/mol. The Morgan fingerprint density at radius 2 is 1.56 bits per heavy atom. The number of nitrogens with zero attached hydrogens (tertiary/aromatic N) is 3. The van der Waals surface area contributed by atoms with Crippen LogP contribution in [0.25, 0.3) is 0 Å². The van der Waals surface area contributed by atoms with Gasteiger partial charge in [-0.15, -0.1) is 0 Å². The number of benzene rings is 3. The molecule has 0 unspecified atom stereocenters. The van der Waals surface area contributed by atoms with Gasteiger partial charge in [-0.3, -0.25) is 25.0 Å². The Morgan fingerprint density at radius 3 is 2.05 bits per heavy atom. The number of amides is 1. The largest absolute Gasteiger partial charge is 0.475 e. The summed E-state index contributed by atoms with van der Waals surface area (Å²) in [6, 6.07) is 15.0. The molecule has 4 rings (SSSR count). The summed E-state index contributed by atoms with van der Waals surface area (Å²) in [4.78, 5) is 41.1. The first-order valence-corrected chi connectivity index (χ1v) is 11.3. The van der Waals surface area contributed by atoms with E-state index in [4.69, 9.17) is 16.1 Å². The zero-order valence-electron chi connectivity index (χ0n) is 21.2. The number of alkyl halides is 3. The van der Waals surface area contributed by atoms with E-state index in [2.05, 4.69) is 4.42 Å². The van der Waals surface area contributed by atoms with Gasteiger partial charge in [-0.2, -0.15) is 18.4 Å². The van der Waals surface area contributed by atoms with Crippen molar-refractivity contribution in [2.45, 2.75) is 6.18 Å². The number of carboxylic acid groups (broad SMARTS) is 1. The van der Waals surface area contributed by atoms with Crippen molar-refractivity contribution in [1.82, 2.24) is 0 Å². The minimum atomic E-state index is -4.93. The Hall–Kier alpha value is -6.31. The molecule has 0 bridgehead atoms. The van der Waals surface area contributed by atoms with Crippen molar-refractivity contribution in [3.05, 3.63) is 128 Å². The molecular weight excluding hydrogens is 586 g/mol. The van der Waals surface area contributed by atoms with Gasteiger partial charge in [-0.1, -0.05) is 12.1 Å². The highest BCUT2D eigenvalue weighted by atomic mass is 19.4. The summed E-state index contributed by atoms with van der Waals surface area (Å²) in [7, 11) is 0. The molecule has 0 spiro atoms. The smallest absolute Gasteiger partial charge is 0.418 e. The second-order valence-electron chi connectivity index (χ2n) is 7.84. The van der Waals surface area contributed by atoms with Gasteiger partial charge < -0.3 is 20.6 Å². The van der Waals surface area contributed by atoms with Crippen molar-refractivity contribution in [2.75, 3.05) is 11.1 Å². The topological polar surface area (TPSA) is 216 Å². The Bertz CT molecular complexity index is 1690. The van der Waals surface area contributed by atoms with E-state index in [9.17, 15) is 47.4 Å². The normalized spacial score (nSPS) is 10.1. The van der Waals surface area contributed by atoms with Crippen LogP contribution in [-0.2, 0) is 6.18 Å². The number of nitriles is 1. The molecule has 3 aromatic carbocycles. The summed E-state index contributed by atoms with van der Waals surface area (Å²) in [6.45, 7) is 0. The van der Waals surface area contributed by atoms with Gasteiger partial charge in [-0.25, -0.2) is 9.18 Å². The number of carbonyl (C=O) groups excluding carboxylic acids is 1. The number of halogens is 4. The Morgan fingerprint density at radius 1 is 0.953 bits per heavy atom. The molecule has 0 fully saturated rings. The van der Waals surface area contributed by atoms with Crippen molar-refractivity contribution in [1.29, 1.82) is 5.26 Å². The molecule has 0 aliphatic heterocycles. The summed E-state index contributed by atoms with van der Waals surface area (Å²) in [5, 5.41) is 39.4. The quantitative estimate of drug-likeness (QED) is 0.104. The molecule has 0 aliphatic rings. The summed E-state index contributed by atoms with van der Waals surface area (Å²) < 4.78 is 56.9. The van der Waals surface area contributed by atoms with Crippen molar-refractivity contribution >= 4 is 34.6 Å². The minimum absolute atomic E-state index is 0.0231.